The summed E-state index contributed by atoms with van der Waals surface area (Å²) in [5, 5.41) is 0. The van der Waals surface area contributed by atoms with Crippen LogP contribution in [0.5, 0.6) is 0 Å². The van der Waals surface area contributed by atoms with Crippen LogP contribution >= 0.6 is 22.9 Å². The zero-order valence-corrected chi connectivity index (χ0v) is 15.6. The molecule has 1 amide bonds. The molecule has 0 spiro atoms. The number of piperazine rings is 1. The van der Waals surface area contributed by atoms with E-state index in [0.29, 0.717) is 5.92 Å². The summed E-state index contributed by atoms with van der Waals surface area (Å²) in [6.07, 6.45) is 2.98. The van der Waals surface area contributed by atoms with Crippen molar-refractivity contribution in [2.24, 2.45) is 5.92 Å². The first kappa shape index (κ1) is 16.0. The topological polar surface area (TPSA) is 39.7 Å². The maximum absolute atomic E-state index is 13.1. The van der Waals surface area contributed by atoms with Crippen molar-refractivity contribution in [3.8, 4) is 0 Å². The third-order valence-corrected chi connectivity index (χ3v) is 5.50. The van der Waals surface area contributed by atoms with Gasteiger partial charge in [0.05, 0.1) is 5.69 Å². The maximum atomic E-state index is 13.1. The second-order valence-corrected chi connectivity index (χ2v) is 7.76. The first-order chi connectivity index (χ1) is 10.5. The molecule has 2 atom stereocenters. The molecule has 1 unspecified atom stereocenters. The molecular formula is C16H23IN4O. The van der Waals surface area contributed by atoms with Gasteiger partial charge in [-0.3, -0.25) is 4.79 Å². The van der Waals surface area contributed by atoms with Gasteiger partial charge in [0, 0.05) is 55.2 Å². The lowest BCUT2D eigenvalue weighted by Gasteiger charge is -2.46. The molecule has 3 rings (SSSR count). The monoisotopic (exact) mass is 414 g/mol. The van der Waals surface area contributed by atoms with Crippen molar-refractivity contribution in [1.29, 1.82) is 0 Å². The molecule has 3 heterocycles. The number of carbonyl (C=O) groups excluding carboxylic acids is 1. The fourth-order valence-electron chi connectivity index (χ4n) is 3.11. The second kappa shape index (κ2) is 6.31. The fourth-order valence-corrected chi connectivity index (χ4v) is 3.70. The van der Waals surface area contributed by atoms with Crippen LogP contribution in [0.3, 0.4) is 0 Å². The van der Waals surface area contributed by atoms with Gasteiger partial charge in [-0.15, -0.1) is 0 Å². The number of fused-ring (bicyclic) bond motifs is 3. The van der Waals surface area contributed by atoms with Crippen molar-refractivity contribution in [3.63, 3.8) is 0 Å². The van der Waals surface area contributed by atoms with E-state index >= 15 is 0 Å². The van der Waals surface area contributed by atoms with Gasteiger partial charge in [-0.2, -0.15) is 0 Å². The van der Waals surface area contributed by atoms with Gasteiger partial charge < -0.3 is 9.80 Å². The number of halogens is 1. The maximum Gasteiger partial charge on any atom is 0.251 e. The van der Waals surface area contributed by atoms with E-state index in [1.54, 1.807) is 0 Å². The molecule has 0 bridgehead atoms. The van der Waals surface area contributed by atoms with Crippen LogP contribution in [0.25, 0.3) is 0 Å². The van der Waals surface area contributed by atoms with E-state index in [9.17, 15) is 4.79 Å². The number of amides is 1. The van der Waals surface area contributed by atoms with Crippen LogP contribution in [0, 0.1) is 12.8 Å². The highest BCUT2D eigenvalue weighted by atomic mass is 127. The van der Waals surface area contributed by atoms with Gasteiger partial charge in [-0.05, 0) is 24.5 Å². The Morgan fingerprint density at radius 1 is 1.45 bits per heavy atom. The summed E-state index contributed by atoms with van der Waals surface area (Å²) in [6.45, 7) is 9.78. The van der Waals surface area contributed by atoms with E-state index in [0.717, 1.165) is 49.7 Å². The van der Waals surface area contributed by atoms with Crippen LogP contribution in [0.2, 0.25) is 0 Å². The standard InChI is InChI=1S/C16H23IN4O/c1-4-11(2)9-21-13-7-12(3)8-18-15(13)20-6-5-19(17)10-14(20)16(21)22/h7-8,11,14H,4-6,9-10H2,1-3H3/t11?,14-/m0/s1. The van der Waals surface area contributed by atoms with Crippen LogP contribution in [0.4, 0.5) is 11.5 Å². The Morgan fingerprint density at radius 2 is 2.23 bits per heavy atom. The smallest absolute Gasteiger partial charge is 0.251 e. The first-order valence-corrected chi connectivity index (χ1v) is 8.93. The predicted octanol–water partition coefficient (Wildman–Crippen LogP) is 2.62. The molecule has 1 fully saturated rings. The Labute approximate surface area is 146 Å². The van der Waals surface area contributed by atoms with Crippen molar-refractivity contribution in [1.82, 2.24) is 8.10 Å². The van der Waals surface area contributed by atoms with Crippen LogP contribution in [-0.4, -0.2) is 46.2 Å². The lowest BCUT2D eigenvalue weighted by Crippen LogP contribution is -2.61. The Morgan fingerprint density at radius 3 is 2.95 bits per heavy atom. The van der Waals surface area contributed by atoms with Gasteiger partial charge in [0.15, 0.2) is 5.82 Å². The zero-order valence-electron chi connectivity index (χ0n) is 13.4. The molecule has 6 heteroatoms. The Bertz CT molecular complexity index is 579. The van der Waals surface area contributed by atoms with Crippen molar-refractivity contribution in [2.75, 3.05) is 36.0 Å². The van der Waals surface area contributed by atoms with Gasteiger partial charge in [0.2, 0.25) is 0 Å². The van der Waals surface area contributed by atoms with E-state index in [4.69, 9.17) is 0 Å². The number of hydrogen-bond donors (Lipinski definition) is 0. The number of carbonyl (C=O) groups is 1. The van der Waals surface area contributed by atoms with Gasteiger partial charge in [0.25, 0.3) is 5.91 Å². The highest BCUT2D eigenvalue weighted by Gasteiger charge is 2.42. The lowest BCUT2D eigenvalue weighted by molar-refractivity contribution is -0.120. The fraction of sp³-hybridized carbons (Fsp3) is 0.625. The molecule has 5 nitrogen and oxygen atoms in total. The summed E-state index contributed by atoms with van der Waals surface area (Å²) >= 11 is 2.32. The van der Waals surface area contributed by atoms with E-state index in [1.165, 1.54) is 0 Å². The third-order valence-electron chi connectivity index (χ3n) is 4.62. The number of hydrogen-bond acceptors (Lipinski definition) is 4. The molecule has 2 aliphatic rings. The summed E-state index contributed by atoms with van der Waals surface area (Å²) in [7, 11) is 0. The van der Waals surface area contributed by atoms with Crippen LogP contribution < -0.4 is 9.80 Å². The summed E-state index contributed by atoms with van der Waals surface area (Å²) in [4.78, 5) is 21.9. The Hall–Kier alpha value is -0.890. The van der Waals surface area contributed by atoms with E-state index < -0.39 is 0 Å². The summed E-state index contributed by atoms with van der Waals surface area (Å²) in [5.74, 6) is 1.69. The van der Waals surface area contributed by atoms with E-state index in [1.807, 2.05) is 18.0 Å². The van der Waals surface area contributed by atoms with Crippen molar-refractivity contribution < 1.29 is 4.79 Å². The molecule has 0 N–H and O–H groups in total. The van der Waals surface area contributed by atoms with Crippen LogP contribution in [0.1, 0.15) is 25.8 Å². The SMILES string of the molecule is CCC(C)CN1C(=O)[C@@H]2CN(I)CCN2c2ncc(C)cc21. The minimum absolute atomic E-state index is 0.0996. The molecular weight excluding hydrogens is 391 g/mol. The largest absolute Gasteiger partial charge is 0.340 e. The number of nitrogens with zero attached hydrogens (tertiary/aromatic N) is 4. The van der Waals surface area contributed by atoms with Gasteiger partial charge in [0.1, 0.15) is 6.04 Å². The highest BCUT2D eigenvalue weighted by Crippen LogP contribution is 2.37. The third kappa shape index (κ3) is 2.82. The minimum Gasteiger partial charge on any atom is -0.340 e. The van der Waals surface area contributed by atoms with Gasteiger partial charge in [-0.25, -0.2) is 8.10 Å². The Kier molecular flexibility index (Phi) is 4.59. The van der Waals surface area contributed by atoms with Crippen LogP contribution in [0.15, 0.2) is 12.3 Å². The zero-order chi connectivity index (χ0) is 15.9. The van der Waals surface area contributed by atoms with Gasteiger partial charge >= 0.3 is 0 Å². The number of aryl methyl sites for hydroxylation is 1. The minimum atomic E-state index is -0.0996. The molecule has 2 aliphatic heterocycles. The van der Waals surface area contributed by atoms with Crippen molar-refractivity contribution in [3.05, 3.63) is 17.8 Å². The van der Waals surface area contributed by atoms with E-state index in [-0.39, 0.29) is 11.9 Å². The van der Waals surface area contributed by atoms with Gasteiger partial charge in [-0.1, -0.05) is 20.3 Å². The average molecular weight is 414 g/mol. The number of anilines is 2. The summed E-state index contributed by atoms with van der Waals surface area (Å²) < 4.78 is 2.21. The lowest BCUT2D eigenvalue weighted by atomic mass is 10.0. The molecule has 22 heavy (non-hydrogen) atoms. The molecule has 0 aromatic carbocycles. The Balaban J connectivity index is 2.02. The molecule has 120 valence electrons. The molecule has 1 aromatic rings. The molecule has 0 aliphatic carbocycles. The quantitative estimate of drug-likeness (QED) is 0.563. The molecule has 1 saturated heterocycles. The number of aromatic nitrogens is 1. The van der Waals surface area contributed by atoms with Crippen LogP contribution in [-0.2, 0) is 4.79 Å². The van der Waals surface area contributed by atoms with Crippen molar-refractivity contribution >= 4 is 40.3 Å². The normalized spacial score (nSPS) is 23.3. The molecule has 1 aromatic heterocycles. The molecule has 0 saturated carbocycles. The highest BCUT2D eigenvalue weighted by molar-refractivity contribution is 14.1. The first-order valence-electron chi connectivity index (χ1n) is 7.96. The number of pyridine rings is 1. The van der Waals surface area contributed by atoms with Crippen molar-refractivity contribution in [2.45, 2.75) is 33.2 Å². The predicted molar refractivity (Wildman–Crippen MR) is 97.5 cm³/mol. The summed E-state index contributed by atoms with van der Waals surface area (Å²) in [5.41, 5.74) is 2.09. The summed E-state index contributed by atoms with van der Waals surface area (Å²) in [6, 6.07) is 2.01. The second-order valence-electron chi connectivity index (χ2n) is 6.40. The average Bonchev–Trinajstić information content (AvgIpc) is 2.51. The number of rotatable bonds is 3. The molecule has 0 radical (unpaired) electrons. The van der Waals surface area contributed by atoms with E-state index in [2.05, 4.69) is 55.8 Å².